The molecule has 0 spiro atoms. The van der Waals surface area contributed by atoms with Crippen molar-refractivity contribution < 1.29 is 65.5 Å². The molecule has 2 aliphatic heterocycles. The molecule has 3 aromatic rings. The van der Waals surface area contributed by atoms with E-state index in [2.05, 4.69) is 16.4 Å². The molecular weight excluding hydrogens is 814 g/mol. The first-order valence-electron chi connectivity index (χ1n) is 17.1. The number of carbonyl (C=O) groups is 5. The van der Waals surface area contributed by atoms with E-state index in [1.807, 2.05) is 0 Å². The second-order valence-corrected chi connectivity index (χ2v) is 17.2. The number of fused-ring (bicyclic) bond motifs is 1. The van der Waals surface area contributed by atoms with Crippen molar-refractivity contribution in [1.29, 1.82) is 0 Å². The maximum Gasteiger partial charge on any atom is 0.339 e. The molecule has 0 radical (unpaired) electrons. The lowest BCUT2D eigenvalue weighted by Crippen LogP contribution is -2.39. The molecule has 0 bridgehead atoms. The number of nitrogens with zero attached hydrogens (tertiary/aromatic N) is 3. The van der Waals surface area contributed by atoms with E-state index in [0.29, 0.717) is 35.3 Å². The van der Waals surface area contributed by atoms with Gasteiger partial charge in [-0.15, -0.1) is 6.42 Å². The summed E-state index contributed by atoms with van der Waals surface area (Å²) in [7, 11) is -7.66. The maximum atomic E-state index is 14.7. The van der Waals surface area contributed by atoms with Gasteiger partial charge in [0.2, 0.25) is 0 Å². The summed E-state index contributed by atoms with van der Waals surface area (Å²) < 4.78 is 58.8. The molecule has 57 heavy (non-hydrogen) atoms. The predicted octanol–water partition coefficient (Wildman–Crippen LogP) is 3.56. The molecule has 3 heterocycles. The van der Waals surface area contributed by atoms with Crippen molar-refractivity contribution in [3.8, 4) is 18.1 Å². The van der Waals surface area contributed by atoms with Crippen molar-refractivity contribution >= 4 is 69.9 Å². The van der Waals surface area contributed by atoms with Crippen LogP contribution >= 0.6 is 19.2 Å². The number of carboxylic acids is 1. The van der Waals surface area contributed by atoms with Crippen molar-refractivity contribution in [3.05, 3.63) is 75.4 Å². The third-order valence-corrected chi connectivity index (χ3v) is 10.8. The molecule has 1 saturated carbocycles. The SMILES string of the molecule is C#CCN1C(=O)COc2cc(F)c(N3C(=O)C4=C(CCCC4)C3=O)cc21.CS(=O)(=O)c1cc(Cl)ccc1C(=O)c1cnoc1C1CC1.O=C(O)CNCP(=O)(O)O. The molecule has 2 aromatic carbocycles. The molecule has 21 heteroatoms. The Bertz CT molecular complexity index is 2360. The Morgan fingerprint density at radius 2 is 1.72 bits per heavy atom. The van der Waals surface area contributed by atoms with E-state index in [-0.39, 0.29) is 57.6 Å². The summed E-state index contributed by atoms with van der Waals surface area (Å²) in [6, 6.07) is 6.57. The molecule has 2 aliphatic carbocycles. The van der Waals surface area contributed by atoms with Crippen LogP contribution in [0.15, 0.2) is 57.1 Å². The summed E-state index contributed by atoms with van der Waals surface area (Å²) >= 11 is 5.84. The lowest BCUT2D eigenvalue weighted by molar-refractivity contribution is -0.136. The van der Waals surface area contributed by atoms with Gasteiger partial charge in [0.1, 0.15) is 5.75 Å². The summed E-state index contributed by atoms with van der Waals surface area (Å²) in [5, 5.41) is 14.0. The number of carboxylic acid groups (broad SMARTS) is 1. The summed E-state index contributed by atoms with van der Waals surface area (Å²) in [4.78, 5) is 78.2. The zero-order chi connectivity index (χ0) is 41.8. The molecule has 0 atom stereocenters. The number of hydrogen-bond donors (Lipinski definition) is 4. The fourth-order valence-corrected chi connectivity index (χ4v) is 7.65. The van der Waals surface area contributed by atoms with E-state index >= 15 is 0 Å². The summed E-state index contributed by atoms with van der Waals surface area (Å²) in [5.41, 5.74) is 1.41. The number of amides is 3. The summed E-state index contributed by atoms with van der Waals surface area (Å²) in [5.74, 6) is -0.401. The van der Waals surface area contributed by atoms with Gasteiger partial charge in [-0.25, -0.2) is 17.7 Å². The first kappa shape index (κ1) is 42.9. The number of sulfone groups is 1. The van der Waals surface area contributed by atoms with Crippen LogP contribution in [0.25, 0.3) is 0 Å². The molecule has 1 fully saturated rings. The van der Waals surface area contributed by atoms with Gasteiger partial charge >= 0.3 is 13.6 Å². The Balaban J connectivity index is 0.000000180. The van der Waals surface area contributed by atoms with Crippen molar-refractivity contribution in [2.24, 2.45) is 0 Å². The average molecular weight is 849 g/mol. The highest BCUT2D eigenvalue weighted by molar-refractivity contribution is 7.90. The fourth-order valence-electron chi connectivity index (χ4n) is 6.11. The van der Waals surface area contributed by atoms with Gasteiger partial charge in [0.15, 0.2) is 33.8 Å². The first-order valence-corrected chi connectivity index (χ1v) is 21.2. The number of aromatic nitrogens is 1. The van der Waals surface area contributed by atoms with E-state index in [4.69, 9.17) is 42.2 Å². The van der Waals surface area contributed by atoms with Crippen LogP contribution in [0.4, 0.5) is 15.8 Å². The summed E-state index contributed by atoms with van der Waals surface area (Å²) in [6.45, 7) is -0.701. The minimum Gasteiger partial charge on any atom is -0.481 e. The zero-order valence-electron chi connectivity index (χ0n) is 30.1. The minimum absolute atomic E-state index is 0.0170. The number of benzene rings is 2. The minimum atomic E-state index is -4.10. The normalized spacial score (nSPS) is 16.4. The number of ether oxygens (including phenoxy) is 1. The van der Waals surface area contributed by atoms with Gasteiger partial charge in [-0.2, -0.15) is 0 Å². The van der Waals surface area contributed by atoms with Crippen LogP contribution in [-0.4, -0.2) is 90.2 Å². The third kappa shape index (κ3) is 10.2. The van der Waals surface area contributed by atoms with Crippen LogP contribution in [0.1, 0.15) is 66.1 Å². The third-order valence-electron chi connectivity index (χ3n) is 8.82. The molecule has 7 rings (SSSR count). The van der Waals surface area contributed by atoms with Crippen LogP contribution in [0.3, 0.4) is 0 Å². The number of terminal acetylenes is 1. The number of hydrogen-bond acceptors (Lipinski definition) is 12. The highest BCUT2D eigenvalue weighted by Gasteiger charge is 2.42. The molecule has 0 saturated heterocycles. The second kappa shape index (κ2) is 17.5. The molecular formula is C36H35ClFN4O13PS. The lowest BCUT2D eigenvalue weighted by atomic mass is 9.93. The van der Waals surface area contributed by atoms with Crippen LogP contribution in [-0.2, 0) is 33.6 Å². The number of aliphatic carboxylic acids is 1. The van der Waals surface area contributed by atoms with Crippen molar-refractivity contribution in [1.82, 2.24) is 10.5 Å². The highest BCUT2D eigenvalue weighted by atomic mass is 35.5. The Labute approximate surface area is 329 Å². The van der Waals surface area contributed by atoms with E-state index < -0.39 is 59.6 Å². The molecule has 1 aromatic heterocycles. The number of halogens is 2. The number of ketones is 1. The highest BCUT2D eigenvalue weighted by Crippen LogP contribution is 2.43. The number of anilines is 2. The topological polar surface area (TPSA) is 251 Å². The monoisotopic (exact) mass is 848 g/mol. The van der Waals surface area contributed by atoms with E-state index in [1.54, 1.807) is 0 Å². The molecule has 302 valence electrons. The Kier molecular flexibility index (Phi) is 13.2. The van der Waals surface area contributed by atoms with E-state index in [1.165, 1.54) is 35.4 Å². The molecule has 4 aliphatic rings. The largest absolute Gasteiger partial charge is 0.481 e. The van der Waals surface area contributed by atoms with Crippen LogP contribution in [0.2, 0.25) is 5.02 Å². The Hall–Kier alpha value is -5.22. The smallest absolute Gasteiger partial charge is 0.339 e. The molecule has 17 nitrogen and oxygen atoms in total. The number of rotatable bonds is 10. The standard InChI is InChI=1S/C19H15FN2O4.C14H12ClNO4S.C3H8NO5P/c1-2-7-21-15-9-14(13(20)8-16(15)26-10-17(21)23)22-18(24)11-5-3-4-6-12(11)19(22)25;1-21(18,19)12-6-9(15)4-5-10(12)13(17)11-7-16-20-14(11)8-2-3-8;5-3(6)1-4-2-10(7,8)9/h1,8-9H,3-7,10H2;4-8H,2-3H2,1H3;4H,1-2H2,(H,5,6)(H2,7,8,9). The van der Waals surface area contributed by atoms with E-state index in [0.717, 1.165) is 42.9 Å². The van der Waals surface area contributed by atoms with E-state index in [9.17, 15) is 41.3 Å². The quantitative estimate of drug-likeness (QED) is 0.0985. The van der Waals surface area contributed by atoms with Crippen molar-refractivity contribution in [3.63, 3.8) is 0 Å². The van der Waals surface area contributed by atoms with Gasteiger partial charge in [0, 0.05) is 40.0 Å². The Morgan fingerprint density at radius 3 is 2.28 bits per heavy atom. The number of carbonyl (C=O) groups excluding carboxylic acids is 4. The van der Waals surface area contributed by atoms with Gasteiger partial charge < -0.3 is 24.2 Å². The van der Waals surface area contributed by atoms with Crippen LogP contribution in [0, 0.1) is 18.2 Å². The van der Waals surface area contributed by atoms with Gasteiger partial charge in [-0.1, -0.05) is 22.7 Å². The molecule has 4 N–H and O–H groups in total. The predicted molar refractivity (Wildman–Crippen MR) is 200 cm³/mol. The Morgan fingerprint density at radius 1 is 1.07 bits per heavy atom. The van der Waals surface area contributed by atoms with Gasteiger partial charge in [0.05, 0.1) is 47.4 Å². The van der Waals surface area contributed by atoms with Crippen LogP contribution < -0.4 is 19.9 Å². The van der Waals surface area contributed by atoms with Crippen molar-refractivity contribution in [2.75, 3.05) is 42.0 Å². The first-order chi connectivity index (χ1) is 26.8. The van der Waals surface area contributed by atoms with Gasteiger partial charge in [-0.3, -0.25) is 38.8 Å². The van der Waals surface area contributed by atoms with Crippen molar-refractivity contribution in [2.45, 2.75) is 49.3 Å². The molecule has 0 unspecified atom stereocenters. The van der Waals surface area contributed by atoms with Gasteiger partial charge in [0.25, 0.3) is 17.7 Å². The average Bonchev–Trinajstić information content (AvgIpc) is 3.81. The zero-order valence-corrected chi connectivity index (χ0v) is 32.5. The second-order valence-electron chi connectivity index (χ2n) is 13.1. The van der Waals surface area contributed by atoms with Crippen LogP contribution in [0.5, 0.6) is 5.75 Å². The maximum absolute atomic E-state index is 14.7. The lowest BCUT2D eigenvalue weighted by Gasteiger charge is -2.29. The fraction of sp³-hybridized carbons (Fsp3) is 0.333. The molecule has 3 amide bonds. The van der Waals surface area contributed by atoms with Gasteiger partial charge in [-0.05, 0) is 62.8 Å². The number of nitrogens with one attached hydrogen (secondary N) is 1. The summed E-state index contributed by atoms with van der Waals surface area (Å²) in [6.07, 6.45) is 11.7. The number of imide groups is 1.